The number of nitrogens with one attached hydrogen (secondary N) is 2. The van der Waals surface area contributed by atoms with Gasteiger partial charge in [0, 0.05) is 36.4 Å². The molecular weight excluding hydrogens is 424 g/mol. The third kappa shape index (κ3) is 6.76. The summed E-state index contributed by atoms with van der Waals surface area (Å²) in [6, 6.07) is 10.9. The summed E-state index contributed by atoms with van der Waals surface area (Å²) >= 11 is 0. The summed E-state index contributed by atoms with van der Waals surface area (Å²) in [5, 5.41) is 0. The largest absolute Gasteiger partial charge is 0.493 e. The molecule has 2 amide bonds. The topological polar surface area (TPSA) is 92.4 Å². The van der Waals surface area contributed by atoms with E-state index in [0.717, 1.165) is 24.3 Å². The summed E-state index contributed by atoms with van der Waals surface area (Å²) in [5.41, 5.74) is 7.27. The summed E-state index contributed by atoms with van der Waals surface area (Å²) in [5.74, 6) is 0.884. The van der Waals surface area contributed by atoms with Gasteiger partial charge >= 0.3 is 0 Å². The van der Waals surface area contributed by atoms with Gasteiger partial charge in [-0.25, -0.2) is 0 Å². The van der Waals surface area contributed by atoms with Crippen LogP contribution in [0.3, 0.4) is 0 Å². The molecule has 0 radical (unpaired) electrons. The SMILES string of the molecule is CCN(CC)c1ccc(C(=O)NNC(=O)CN(C)Cc2ccc(OC)c(OC)c2OC)cc1. The van der Waals surface area contributed by atoms with Crippen molar-refractivity contribution in [1.82, 2.24) is 15.8 Å². The molecule has 0 saturated heterocycles. The molecule has 0 aromatic heterocycles. The Hall–Kier alpha value is -3.46. The smallest absolute Gasteiger partial charge is 0.269 e. The second-order valence-corrected chi connectivity index (χ2v) is 7.39. The van der Waals surface area contributed by atoms with Crippen molar-refractivity contribution in [2.75, 3.05) is 52.9 Å². The number of carbonyl (C=O) groups excluding carboxylic acids is 2. The van der Waals surface area contributed by atoms with Crippen LogP contribution in [0, 0.1) is 0 Å². The van der Waals surface area contributed by atoms with Crippen molar-refractivity contribution in [2.24, 2.45) is 0 Å². The van der Waals surface area contributed by atoms with Crippen molar-refractivity contribution in [1.29, 1.82) is 0 Å². The minimum atomic E-state index is -0.376. The van der Waals surface area contributed by atoms with E-state index in [0.29, 0.717) is 29.4 Å². The van der Waals surface area contributed by atoms with Crippen LogP contribution in [0.1, 0.15) is 29.8 Å². The maximum atomic E-state index is 12.4. The lowest BCUT2D eigenvalue weighted by Crippen LogP contribution is -2.45. The van der Waals surface area contributed by atoms with Crippen LogP contribution >= 0.6 is 0 Å². The van der Waals surface area contributed by atoms with Crippen molar-refractivity contribution >= 4 is 17.5 Å². The Labute approximate surface area is 195 Å². The highest BCUT2D eigenvalue weighted by Gasteiger charge is 2.18. The molecule has 0 aliphatic rings. The number of nitrogens with zero attached hydrogens (tertiary/aromatic N) is 2. The van der Waals surface area contributed by atoms with Crippen LogP contribution in [0.25, 0.3) is 0 Å². The molecule has 0 heterocycles. The fourth-order valence-electron chi connectivity index (χ4n) is 3.53. The lowest BCUT2D eigenvalue weighted by molar-refractivity contribution is -0.122. The van der Waals surface area contributed by atoms with Crippen LogP contribution in [0.15, 0.2) is 36.4 Å². The Morgan fingerprint density at radius 1 is 0.848 bits per heavy atom. The first-order valence-electron chi connectivity index (χ1n) is 10.8. The molecule has 2 aromatic carbocycles. The number of anilines is 1. The van der Waals surface area contributed by atoms with Crippen molar-refractivity contribution < 1.29 is 23.8 Å². The predicted octanol–water partition coefficient (Wildman–Crippen LogP) is 2.45. The van der Waals surface area contributed by atoms with Crippen molar-refractivity contribution in [2.45, 2.75) is 20.4 Å². The van der Waals surface area contributed by atoms with Crippen LogP contribution in [0.2, 0.25) is 0 Å². The number of rotatable bonds is 11. The zero-order valence-corrected chi connectivity index (χ0v) is 20.2. The van der Waals surface area contributed by atoms with Crippen LogP contribution < -0.4 is 30.0 Å². The highest BCUT2D eigenvalue weighted by Crippen LogP contribution is 2.40. The third-order valence-corrected chi connectivity index (χ3v) is 5.21. The Morgan fingerprint density at radius 3 is 2.03 bits per heavy atom. The second-order valence-electron chi connectivity index (χ2n) is 7.39. The fraction of sp³-hybridized carbons (Fsp3) is 0.417. The fourth-order valence-corrected chi connectivity index (χ4v) is 3.53. The summed E-state index contributed by atoms with van der Waals surface area (Å²) in [7, 11) is 6.45. The van der Waals surface area contributed by atoms with Gasteiger partial charge in [0.25, 0.3) is 11.8 Å². The van der Waals surface area contributed by atoms with Crippen LogP contribution in [-0.4, -0.2) is 64.7 Å². The number of likely N-dealkylation sites (N-methyl/N-ethyl adjacent to an activating group) is 1. The molecule has 0 unspecified atom stereocenters. The van der Waals surface area contributed by atoms with Gasteiger partial charge in [-0.2, -0.15) is 0 Å². The van der Waals surface area contributed by atoms with E-state index in [-0.39, 0.29) is 18.4 Å². The molecule has 33 heavy (non-hydrogen) atoms. The molecule has 0 aliphatic heterocycles. The standard InChI is InChI=1S/C24H34N4O5/c1-7-28(8-2)19-12-9-17(10-13-19)24(30)26-25-21(29)16-27(3)15-18-11-14-20(31-4)23(33-6)22(18)32-5/h9-14H,7-8,15-16H2,1-6H3,(H,25,29)(H,26,30). The minimum Gasteiger partial charge on any atom is -0.493 e. The number of ether oxygens (including phenoxy) is 3. The molecule has 0 bridgehead atoms. The van der Waals surface area contributed by atoms with E-state index in [2.05, 4.69) is 29.6 Å². The van der Waals surface area contributed by atoms with Gasteiger partial charge in [-0.1, -0.05) is 6.07 Å². The second kappa shape index (κ2) is 12.5. The third-order valence-electron chi connectivity index (χ3n) is 5.21. The lowest BCUT2D eigenvalue weighted by atomic mass is 10.1. The predicted molar refractivity (Wildman–Crippen MR) is 128 cm³/mol. The maximum Gasteiger partial charge on any atom is 0.269 e. The summed E-state index contributed by atoms with van der Waals surface area (Å²) in [6.45, 7) is 6.44. The first kappa shape index (κ1) is 25.8. The Morgan fingerprint density at radius 2 is 1.48 bits per heavy atom. The number of benzene rings is 2. The van der Waals surface area contributed by atoms with Gasteiger partial charge in [-0.3, -0.25) is 25.3 Å². The first-order chi connectivity index (χ1) is 15.9. The average molecular weight is 459 g/mol. The molecule has 0 fully saturated rings. The van der Waals surface area contributed by atoms with Crippen molar-refractivity contribution in [3.63, 3.8) is 0 Å². The van der Waals surface area contributed by atoms with Gasteiger partial charge < -0.3 is 19.1 Å². The summed E-state index contributed by atoms with van der Waals surface area (Å²) in [4.78, 5) is 28.7. The molecule has 9 nitrogen and oxygen atoms in total. The Bertz CT molecular complexity index is 929. The average Bonchev–Trinajstić information content (AvgIpc) is 2.83. The minimum absolute atomic E-state index is 0.0681. The van der Waals surface area contributed by atoms with E-state index in [4.69, 9.17) is 14.2 Å². The van der Waals surface area contributed by atoms with Crippen LogP contribution in [-0.2, 0) is 11.3 Å². The normalized spacial score (nSPS) is 10.5. The summed E-state index contributed by atoms with van der Waals surface area (Å²) in [6.07, 6.45) is 0. The molecule has 0 spiro atoms. The molecule has 180 valence electrons. The lowest BCUT2D eigenvalue weighted by Gasteiger charge is -2.21. The molecular formula is C24H34N4O5. The van der Waals surface area contributed by atoms with E-state index in [1.807, 2.05) is 18.2 Å². The number of carbonyl (C=O) groups is 2. The molecule has 2 rings (SSSR count). The number of hydrogen-bond donors (Lipinski definition) is 2. The monoisotopic (exact) mass is 458 g/mol. The van der Waals surface area contributed by atoms with Gasteiger partial charge in [-0.15, -0.1) is 0 Å². The van der Waals surface area contributed by atoms with Gasteiger partial charge in [0.05, 0.1) is 27.9 Å². The molecule has 2 aromatic rings. The van der Waals surface area contributed by atoms with Crippen molar-refractivity contribution in [3.8, 4) is 17.2 Å². The highest BCUT2D eigenvalue weighted by atomic mass is 16.5. The van der Waals surface area contributed by atoms with Gasteiger partial charge in [0.15, 0.2) is 11.5 Å². The van der Waals surface area contributed by atoms with Crippen LogP contribution in [0.4, 0.5) is 5.69 Å². The highest BCUT2D eigenvalue weighted by molar-refractivity contribution is 5.95. The van der Waals surface area contributed by atoms with E-state index in [1.54, 1.807) is 51.5 Å². The van der Waals surface area contributed by atoms with E-state index in [1.165, 1.54) is 0 Å². The quantitative estimate of drug-likeness (QED) is 0.500. The van der Waals surface area contributed by atoms with Gasteiger partial charge in [0.1, 0.15) is 0 Å². The van der Waals surface area contributed by atoms with Gasteiger partial charge in [-0.05, 0) is 51.2 Å². The number of methoxy groups -OCH3 is 3. The number of hydrogen-bond acceptors (Lipinski definition) is 7. The molecule has 0 atom stereocenters. The van der Waals surface area contributed by atoms with Gasteiger partial charge in [0.2, 0.25) is 5.75 Å². The van der Waals surface area contributed by atoms with E-state index < -0.39 is 0 Å². The van der Waals surface area contributed by atoms with Crippen molar-refractivity contribution in [3.05, 3.63) is 47.5 Å². The zero-order valence-electron chi connectivity index (χ0n) is 20.2. The zero-order chi connectivity index (χ0) is 24.4. The molecule has 2 N–H and O–H groups in total. The maximum absolute atomic E-state index is 12.4. The molecule has 9 heteroatoms. The van der Waals surface area contributed by atoms with E-state index in [9.17, 15) is 9.59 Å². The Balaban J connectivity index is 1.91. The summed E-state index contributed by atoms with van der Waals surface area (Å²) < 4.78 is 16.2. The molecule has 0 saturated carbocycles. The van der Waals surface area contributed by atoms with E-state index >= 15 is 0 Å². The first-order valence-corrected chi connectivity index (χ1v) is 10.8. The number of hydrazine groups is 1. The van der Waals surface area contributed by atoms with Crippen LogP contribution in [0.5, 0.6) is 17.2 Å². The number of amides is 2. The molecule has 0 aliphatic carbocycles. The Kier molecular flexibility index (Phi) is 9.81.